The second kappa shape index (κ2) is 6.62. The molecule has 1 atom stereocenters. The lowest BCUT2D eigenvalue weighted by molar-refractivity contribution is -0.131. The van der Waals surface area contributed by atoms with Gasteiger partial charge in [0, 0.05) is 38.3 Å². The Morgan fingerprint density at radius 3 is 2.70 bits per heavy atom. The fourth-order valence-corrected chi connectivity index (χ4v) is 3.08. The highest BCUT2D eigenvalue weighted by Crippen LogP contribution is 2.26. The monoisotopic (exact) mass is 324 g/mol. The maximum atomic E-state index is 13.6. The van der Waals surface area contributed by atoms with Gasteiger partial charge in [-0.15, -0.1) is 0 Å². The van der Waals surface area contributed by atoms with Crippen molar-refractivity contribution < 1.29 is 23.1 Å². The van der Waals surface area contributed by atoms with E-state index in [4.69, 9.17) is 4.74 Å². The Morgan fingerprint density at radius 2 is 2.00 bits per heavy atom. The SMILES string of the molecule is O=C(Nc1ccc(F)cc1F)C1CC(=O)N(C2CCOCC2)C1. The van der Waals surface area contributed by atoms with Crippen LogP contribution in [0.25, 0.3) is 0 Å². The van der Waals surface area contributed by atoms with Crippen molar-refractivity contribution in [2.45, 2.75) is 25.3 Å². The highest BCUT2D eigenvalue weighted by atomic mass is 19.1. The Labute approximate surface area is 132 Å². The van der Waals surface area contributed by atoms with Crippen LogP contribution in [-0.4, -0.2) is 42.5 Å². The lowest BCUT2D eigenvalue weighted by atomic mass is 10.1. The Balaban J connectivity index is 1.63. The number of hydrogen-bond donors (Lipinski definition) is 1. The van der Waals surface area contributed by atoms with Crippen molar-refractivity contribution in [3.05, 3.63) is 29.8 Å². The fourth-order valence-electron chi connectivity index (χ4n) is 3.08. The molecular weight excluding hydrogens is 306 g/mol. The van der Waals surface area contributed by atoms with E-state index in [-0.39, 0.29) is 24.1 Å². The summed E-state index contributed by atoms with van der Waals surface area (Å²) in [5.74, 6) is -2.53. The van der Waals surface area contributed by atoms with Gasteiger partial charge in [-0.25, -0.2) is 8.78 Å². The maximum absolute atomic E-state index is 13.6. The quantitative estimate of drug-likeness (QED) is 0.924. The number of nitrogens with one attached hydrogen (secondary N) is 1. The third-order valence-electron chi connectivity index (χ3n) is 4.35. The first-order chi connectivity index (χ1) is 11.0. The minimum Gasteiger partial charge on any atom is -0.381 e. The highest BCUT2D eigenvalue weighted by molar-refractivity contribution is 5.97. The van der Waals surface area contributed by atoms with Crippen LogP contribution in [0.4, 0.5) is 14.5 Å². The van der Waals surface area contributed by atoms with E-state index in [0.717, 1.165) is 18.9 Å². The van der Waals surface area contributed by atoms with Crippen LogP contribution in [0.2, 0.25) is 0 Å². The van der Waals surface area contributed by atoms with Gasteiger partial charge in [0.2, 0.25) is 11.8 Å². The number of nitrogens with zero attached hydrogens (tertiary/aromatic N) is 1. The molecule has 2 saturated heterocycles. The van der Waals surface area contributed by atoms with Gasteiger partial charge >= 0.3 is 0 Å². The van der Waals surface area contributed by atoms with Gasteiger partial charge in [0.25, 0.3) is 0 Å². The third-order valence-corrected chi connectivity index (χ3v) is 4.35. The number of carbonyl (C=O) groups is 2. The van der Waals surface area contributed by atoms with Crippen molar-refractivity contribution in [1.82, 2.24) is 4.90 Å². The van der Waals surface area contributed by atoms with E-state index in [2.05, 4.69) is 5.32 Å². The number of ether oxygens (including phenoxy) is 1. The second-order valence-corrected chi connectivity index (χ2v) is 5.90. The summed E-state index contributed by atoms with van der Waals surface area (Å²) in [5.41, 5.74) is -0.0756. The van der Waals surface area contributed by atoms with E-state index >= 15 is 0 Å². The Kier molecular flexibility index (Phi) is 4.56. The molecule has 23 heavy (non-hydrogen) atoms. The Morgan fingerprint density at radius 1 is 1.26 bits per heavy atom. The van der Waals surface area contributed by atoms with Crippen LogP contribution in [0.15, 0.2) is 18.2 Å². The maximum Gasteiger partial charge on any atom is 0.229 e. The molecule has 1 aromatic carbocycles. The molecule has 1 N–H and O–H groups in total. The molecule has 0 aliphatic carbocycles. The van der Waals surface area contributed by atoms with E-state index in [1.165, 1.54) is 6.07 Å². The number of likely N-dealkylation sites (tertiary alicyclic amines) is 1. The summed E-state index contributed by atoms with van der Waals surface area (Å²) >= 11 is 0. The number of halogens is 2. The third kappa shape index (κ3) is 3.50. The van der Waals surface area contributed by atoms with Crippen molar-refractivity contribution in [2.75, 3.05) is 25.1 Å². The molecule has 5 nitrogen and oxygen atoms in total. The minimum atomic E-state index is -0.830. The van der Waals surface area contributed by atoms with Gasteiger partial charge in [-0.3, -0.25) is 9.59 Å². The van der Waals surface area contributed by atoms with E-state index in [9.17, 15) is 18.4 Å². The summed E-state index contributed by atoms with van der Waals surface area (Å²) in [7, 11) is 0. The Hall–Kier alpha value is -2.02. The number of benzene rings is 1. The molecule has 0 spiro atoms. The van der Waals surface area contributed by atoms with Crippen LogP contribution in [0.1, 0.15) is 19.3 Å². The van der Waals surface area contributed by atoms with Gasteiger partial charge in [0.1, 0.15) is 11.6 Å². The van der Waals surface area contributed by atoms with Crippen molar-refractivity contribution in [1.29, 1.82) is 0 Å². The molecule has 1 unspecified atom stereocenters. The summed E-state index contributed by atoms with van der Waals surface area (Å²) in [6.45, 7) is 1.57. The summed E-state index contributed by atoms with van der Waals surface area (Å²) in [4.78, 5) is 26.1. The largest absolute Gasteiger partial charge is 0.381 e. The van der Waals surface area contributed by atoms with Gasteiger partial charge in [0.15, 0.2) is 0 Å². The van der Waals surface area contributed by atoms with Gasteiger partial charge in [0.05, 0.1) is 11.6 Å². The molecule has 2 amide bonds. The van der Waals surface area contributed by atoms with Crippen LogP contribution < -0.4 is 5.32 Å². The Bertz CT molecular complexity index is 617. The van der Waals surface area contributed by atoms with Crippen molar-refractivity contribution in [3.8, 4) is 0 Å². The number of carbonyl (C=O) groups excluding carboxylic acids is 2. The van der Waals surface area contributed by atoms with Crippen LogP contribution >= 0.6 is 0 Å². The predicted molar refractivity (Wildman–Crippen MR) is 78.6 cm³/mol. The molecule has 2 heterocycles. The molecule has 2 fully saturated rings. The van der Waals surface area contributed by atoms with Gasteiger partial charge in [-0.05, 0) is 25.0 Å². The number of hydrogen-bond acceptors (Lipinski definition) is 3. The zero-order valence-corrected chi connectivity index (χ0v) is 12.6. The topological polar surface area (TPSA) is 58.6 Å². The predicted octanol–water partition coefficient (Wildman–Crippen LogP) is 1.93. The average Bonchev–Trinajstić information content (AvgIpc) is 2.93. The molecule has 0 saturated carbocycles. The number of rotatable bonds is 3. The van der Waals surface area contributed by atoms with E-state index in [0.29, 0.717) is 25.8 Å². The van der Waals surface area contributed by atoms with Crippen molar-refractivity contribution in [2.24, 2.45) is 5.92 Å². The second-order valence-electron chi connectivity index (χ2n) is 5.90. The molecule has 3 rings (SSSR count). The smallest absolute Gasteiger partial charge is 0.229 e. The first kappa shape index (κ1) is 15.9. The normalized spacial score (nSPS) is 22.4. The first-order valence-corrected chi connectivity index (χ1v) is 7.67. The molecule has 0 bridgehead atoms. The van der Waals surface area contributed by atoms with Crippen molar-refractivity contribution in [3.63, 3.8) is 0 Å². The van der Waals surface area contributed by atoms with Gasteiger partial charge in [-0.1, -0.05) is 0 Å². The molecule has 0 aromatic heterocycles. The molecule has 2 aliphatic heterocycles. The average molecular weight is 324 g/mol. The summed E-state index contributed by atoms with van der Waals surface area (Å²) in [6.07, 6.45) is 1.66. The molecule has 124 valence electrons. The fraction of sp³-hybridized carbons (Fsp3) is 0.500. The van der Waals surface area contributed by atoms with Crippen LogP contribution in [0, 0.1) is 17.6 Å². The van der Waals surface area contributed by atoms with Crippen LogP contribution in [-0.2, 0) is 14.3 Å². The van der Waals surface area contributed by atoms with Crippen molar-refractivity contribution >= 4 is 17.5 Å². The number of amides is 2. The highest BCUT2D eigenvalue weighted by Gasteiger charge is 2.38. The zero-order valence-electron chi connectivity index (χ0n) is 12.6. The molecule has 0 radical (unpaired) electrons. The van der Waals surface area contributed by atoms with Gasteiger partial charge < -0.3 is 15.0 Å². The van der Waals surface area contributed by atoms with E-state index in [1.807, 2.05) is 0 Å². The van der Waals surface area contributed by atoms with Crippen LogP contribution in [0.3, 0.4) is 0 Å². The van der Waals surface area contributed by atoms with E-state index < -0.39 is 23.5 Å². The minimum absolute atomic E-state index is 0.0587. The molecule has 2 aliphatic rings. The lowest BCUT2D eigenvalue weighted by Crippen LogP contribution is -2.41. The first-order valence-electron chi connectivity index (χ1n) is 7.67. The summed E-state index contributed by atoms with van der Waals surface area (Å²) in [5, 5.41) is 2.44. The molecule has 1 aromatic rings. The molecule has 7 heteroatoms. The summed E-state index contributed by atoms with van der Waals surface area (Å²) < 4.78 is 31.8. The van der Waals surface area contributed by atoms with Gasteiger partial charge in [-0.2, -0.15) is 0 Å². The van der Waals surface area contributed by atoms with Crippen LogP contribution in [0.5, 0.6) is 0 Å². The van der Waals surface area contributed by atoms with E-state index in [1.54, 1.807) is 4.90 Å². The summed E-state index contributed by atoms with van der Waals surface area (Å²) in [6, 6.07) is 3.07. The standard InChI is InChI=1S/C16H18F2N2O3/c17-11-1-2-14(13(18)8-11)19-16(22)10-7-15(21)20(9-10)12-3-5-23-6-4-12/h1-2,8,10,12H,3-7,9H2,(H,19,22). The number of anilines is 1. The molecular formula is C16H18F2N2O3. The lowest BCUT2D eigenvalue weighted by Gasteiger charge is -2.31. The zero-order chi connectivity index (χ0) is 16.4.